The number of alkyl halides is 1. The van der Waals surface area contributed by atoms with Crippen molar-refractivity contribution < 1.29 is 9.53 Å². The summed E-state index contributed by atoms with van der Waals surface area (Å²) in [6.07, 6.45) is 2.76. The molecule has 0 radical (unpaired) electrons. The lowest BCUT2D eigenvalue weighted by Gasteiger charge is -2.16. The maximum absolute atomic E-state index is 12.2. The second-order valence-corrected chi connectivity index (χ2v) is 5.79. The highest BCUT2D eigenvalue weighted by Crippen LogP contribution is 2.21. The van der Waals surface area contributed by atoms with Gasteiger partial charge < -0.3 is 9.64 Å². The van der Waals surface area contributed by atoms with E-state index in [0.29, 0.717) is 12.3 Å². The van der Waals surface area contributed by atoms with E-state index in [2.05, 4.69) is 15.9 Å². The molecular weight excluding hydrogens is 306 g/mol. The number of hydrogen-bond donors (Lipinski definition) is 0. The summed E-state index contributed by atoms with van der Waals surface area (Å²) in [5.74, 6) is 1.70. The highest BCUT2D eigenvalue weighted by atomic mass is 79.9. The summed E-state index contributed by atoms with van der Waals surface area (Å²) in [5.41, 5.74) is 1.02. The fraction of sp³-hybridized carbons (Fsp3) is 0.533. The summed E-state index contributed by atoms with van der Waals surface area (Å²) >= 11 is 3.47. The van der Waals surface area contributed by atoms with E-state index in [1.165, 1.54) is 0 Å². The molecule has 1 aliphatic heterocycles. The summed E-state index contributed by atoms with van der Waals surface area (Å²) in [7, 11) is 1.65. The number of benzene rings is 1. The normalized spacial score (nSPS) is 18.6. The Labute approximate surface area is 123 Å². The van der Waals surface area contributed by atoms with Gasteiger partial charge in [-0.2, -0.15) is 0 Å². The number of hydrogen-bond acceptors (Lipinski definition) is 2. The Morgan fingerprint density at radius 2 is 2.37 bits per heavy atom. The van der Waals surface area contributed by atoms with E-state index in [1.54, 1.807) is 7.11 Å². The lowest BCUT2D eigenvalue weighted by molar-refractivity contribution is -0.129. The van der Waals surface area contributed by atoms with Crippen LogP contribution in [0.4, 0.5) is 0 Å². The standard InChI is InChI=1S/C15H20BrNO2/c1-19-14-4-2-3-13(9-14)10-15(18)17-8-6-12(11-17)5-7-16/h2-4,9,12H,5-8,10-11H2,1H3. The second kappa shape index (κ2) is 6.94. The fourth-order valence-electron chi connectivity index (χ4n) is 2.52. The smallest absolute Gasteiger partial charge is 0.227 e. The van der Waals surface area contributed by atoms with Crippen molar-refractivity contribution in [2.45, 2.75) is 19.3 Å². The molecule has 1 aromatic rings. The number of methoxy groups -OCH3 is 1. The predicted octanol–water partition coefficient (Wildman–Crippen LogP) is 2.87. The lowest BCUT2D eigenvalue weighted by atomic mass is 10.1. The Morgan fingerprint density at radius 3 is 3.11 bits per heavy atom. The average Bonchev–Trinajstić information content (AvgIpc) is 2.88. The Hall–Kier alpha value is -1.03. The molecule has 1 unspecified atom stereocenters. The summed E-state index contributed by atoms with van der Waals surface area (Å²) in [5, 5.41) is 1.02. The third-order valence-electron chi connectivity index (χ3n) is 3.65. The molecule has 104 valence electrons. The van der Waals surface area contributed by atoms with Crippen molar-refractivity contribution in [2.24, 2.45) is 5.92 Å². The van der Waals surface area contributed by atoms with Gasteiger partial charge in [-0.15, -0.1) is 0 Å². The van der Waals surface area contributed by atoms with Crippen molar-refractivity contribution in [1.29, 1.82) is 0 Å². The van der Waals surface area contributed by atoms with Crippen LogP contribution in [0.3, 0.4) is 0 Å². The van der Waals surface area contributed by atoms with Crippen LogP contribution in [0.2, 0.25) is 0 Å². The van der Waals surface area contributed by atoms with Crippen LogP contribution < -0.4 is 4.74 Å². The first-order chi connectivity index (χ1) is 9.22. The van der Waals surface area contributed by atoms with Crippen LogP contribution in [0.5, 0.6) is 5.75 Å². The SMILES string of the molecule is COc1cccc(CC(=O)N2CCC(CCBr)C2)c1. The number of rotatable bonds is 5. The van der Waals surface area contributed by atoms with Gasteiger partial charge in [0.1, 0.15) is 5.75 Å². The van der Waals surface area contributed by atoms with E-state index in [9.17, 15) is 4.79 Å². The van der Waals surface area contributed by atoms with Crippen LogP contribution in [0.25, 0.3) is 0 Å². The number of carbonyl (C=O) groups is 1. The third-order valence-corrected chi connectivity index (χ3v) is 4.10. The second-order valence-electron chi connectivity index (χ2n) is 5.00. The van der Waals surface area contributed by atoms with Gasteiger partial charge in [0.05, 0.1) is 13.5 Å². The molecule has 1 atom stereocenters. The third kappa shape index (κ3) is 3.96. The molecule has 1 amide bonds. The van der Waals surface area contributed by atoms with Gasteiger partial charge >= 0.3 is 0 Å². The van der Waals surface area contributed by atoms with E-state index < -0.39 is 0 Å². The minimum absolute atomic E-state index is 0.227. The minimum Gasteiger partial charge on any atom is -0.497 e. The first kappa shape index (κ1) is 14.4. The van der Waals surface area contributed by atoms with Gasteiger partial charge in [0.15, 0.2) is 0 Å². The van der Waals surface area contributed by atoms with Crippen LogP contribution >= 0.6 is 15.9 Å². The van der Waals surface area contributed by atoms with Gasteiger partial charge in [-0.3, -0.25) is 4.79 Å². The number of ether oxygens (including phenoxy) is 1. The molecule has 1 aromatic carbocycles. The summed E-state index contributed by atoms with van der Waals surface area (Å²) in [4.78, 5) is 14.2. The van der Waals surface area contributed by atoms with Crippen molar-refractivity contribution in [1.82, 2.24) is 4.90 Å². The van der Waals surface area contributed by atoms with Crippen molar-refractivity contribution in [3.63, 3.8) is 0 Å². The van der Waals surface area contributed by atoms with Gasteiger partial charge in [-0.25, -0.2) is 0 Å². The van der Waals surface area contributed by atoms with E-state index in [0.717, 1.165) is 42.6 Å². The summed E-state index contributed by atoms with van der Waals surface area (Å²) in [6, 6.07) is 7.74. The van der Waals surface area contributed by atoms with Crippen molar-refractivity contribution in [3.8, 4) is 5.75 Å². The van der Waals surface area contributed by atoms with Crippen LogP contribution in [-0.2, 0) is 11.2 Å². The van der Waals surface area contributed by atoms with Crippen LogP contribution in [0, 0.1) is 5.92 Å². The maximum atomic E-state index is 12.2. The highest BCUT2D eigenvalue weighted by Gasteiger charge is 2.25. The van der Waals surface area contributed by atoms with Crippen molar-refractivity contribution >= 4 is 21.8 Å². The number of nitrogens with zero attached hydrogens (tertiary/aromatic N) is 1. The van der Waals surface area contributed by atoms with Gasteiger partial charge in [-0.1, -0.05) is 28.1 Å². The number of likely N-dealkylation sites (tertiary alicyclic amines) is 1. The first-order valence-electron chi connectivity index (χ1n) is 6.69. The summed E-state index contributed by atoms with van der Waals surface area (Å²) in [6.45, 7) is 1.81. The molecule has 0 aromatic heterocycles. The quantitative estimate of drug-likeness (QED) is 0.779. The van der Waals surface area contributed by atoms with Crippen LogP contribution in [-0.4, -0.2) is 36.3 Å². The molecular formula is C15H20BrNO2. The van der Waals surface area contributed by atoms with Crippen LogP contribution in [0.15, 0.2) is 24.3 Å². The molecule has 2 rings (SSSR count). The van der Waals surface area contributed by atoms with E-state index >= 15 is 0 Å². The fourth-order valence-corrected chi connectivity index (χ4v) is 3.17. The molecule has 0 bridgehead atoms. The molecule has 1 heterocycles. The number of amides is 1. The highest BCUT2D eigenvalue weighted by molar-refractivity contribution is 9.09. The Kier molecular flexibility index (Phi) is 5.25. The number of halogens is 1. The molecule has 0 N–H and O–H groups in total. The van der Waals surface area contributed by atoms with E-state index in [4.69, 9.17) is 4.74 Å². The molecule has 3 nitrogen and oxygen atoms in total. The maximum Gasteiger partial charge on any atom is 0.227 e. The zero-order valence-corrected chi connectivity index (χ0v) is 12.9. The largest absolute Gasteiger partial charge is 0.497 e. The molecule has 1 saturated heterocycles. The van der Waals surface area contributed by atoms with Gasteiger partial charge in [0, 0.05) is 18.4 Å². The Morgan fingerprint density at radius 1 is 1.53 bits per heavy atom. The molecule has 0 saturated carbocycles. The molecule has 1 aliphatic rings. The van der Waals surface area contributed by atoms with Crippen LogP contribution in [0.1, 0.15) is 18.4 Å². The van der Waals surface area contributed by atoms with E-state index in [1.807, 2.05) is 29.2 Å². The van der Waals surface area contributed by atoms with Crippen molar-refractivity contribution in [3.05, 3.63) is 29.8 Å². The molecule has 1 fully saturated rings. The molecule has 0 spiro atoms. The summed E-state index contributed by atoms with van der Waals surface area (Å²) < 4.78 is 5.18. The zero-order valence-electron chi connectivity index (χ0n) is 11.3. The molecule has 0 aliphatic carbocycles. The molecule has 19 heavy (non-hydrogen) atoms. The Bertz CT molecular complexity index is 436. The predicted molar refractivity (Wildman–Crippen MR) is 79.8 cm³/mol. The Balaban J connectivity index is 1.90. The van der Waals surface area contributed by atoms with Crippen molar-refractivity contribution in [2.75, 3.05) is 25.5 Å². The van der Waals surface area contributed by atoms with Gasteiger partial charge in [-0.05, 0) is 36.5 Å². The average molecular weight is 326 g/mol. The van der Waals surface area contributed by atoms with Gasteiger partial charge in [0.25, 0.3) is 0 Å². The zero-order chi connectivity index (χ0) is 13.7. The first-order valence-corrected chi connectivity index (χ1v) is 7.81. The molecule has 4 heteroatoms. The van der Waals surface area contributed by atoms with E-state index in [-0.39, 0.29) is 5.91 Å². The number of carbonyl (C=O) groups excluding carboxylic acids is 1. The monoisotopic (exact) mass is 325 g/mol. The van der Waals surface area contributed by atoms with Gasteiger partial charge in [0.2, 0.25) is 5.91 Å². The topological polar surface area (TPSA) is 29.5 Å². The minimum atomic E-state index is 0.227. The lowest BCUT2D eigenvalue weighted by Crippen LogP contribution is -2.30.